The lowest BCUT2D eigenvalue weighted by Gasteiger charge is -2.12. The molecule has 0 atom stereocenters. The molecule has 0 aliphatic heterocycles. The number of thiocarbonyl (C=S) groups is 1. The largest absolute Gasteiger partial charge is 0.478 e. The molecule has 7 nitrogen and oxygen atoms in total. The molecule has 2 rings (SSSR count). The van der Waals surface area contributed by atoms with Crippen molar-refractivity contribution in [3.05, 3.63) is 47.9 Å². The Morgan fingerprint density at radius 2 is 2.00 bits per heavy atom. The van der Waals surface area contributed by atoms with Gasteiger partial charge in [0.1, 0.15) is 0 Å². The van der Waals surface area contributed by atoms with Crippen molar-refractivity contribution >= 4 is 34.6 Å². The first-order valence-electron chi connectivity index (χ1n) is 9.79. The lowest BCUT2D eigenvalue weighted by atomic mass is 10.1. The Labute approximate surface area is 176 Å². The number of aromatic nitrogens is 2. The summed E-state index contributed by atoms with van der Waals surface area (Å²) in [4.78, 5) is 21.0. The van der Waals surface area contributed by atoms with E-state index in [4.69, 9.17) is 22.4 Å². The van der Waals surface area contributed by atoms with Gasteiger partial charge in [0.15, 0.2) is 5.11 Å². The van der Waals surface area contributed by atoms with Crippen LogP contribution < -0.4 is 15.4 Å². The number of hydrogen-bond acceptors (Lipinski definition) is 6. The number of rotatable bonds is 10. The second-order valence-corrected chi connectivity index (χ2v) is 6.89. The van der Waals surface area contributed by atoms with Crippen LogP contribution in [0.3, 0.4) is 0 Å². The number of anilines is 1. The molecule has 29 heavy (non-hydrogen) atoms. The number of nitrogens with zero attached hydrogens (tertiary/aromatic N) is 2. The molecule has 0 saturated heterocycles. The van der Waals surface area contributed by atoms with Gasteiger partial charge >= 0.3 is 0 Å². The van der Waals surface area contributed by atoms with E-state index in [1.54, 1.807) is 36.7 Å². The van der Waals surface area contributed by atoms with E-state index in [2.05, 4.69) is 27.5 Å². The van der Waals surface area contributed by atoms with Gasteiger partial charge in [-0.1, -0.05) is 33.1 Å². The van der Waals surface area contributed by atoms with Crippen molar-refractivity contribution in [1.29, 1.82) is 5.41 Å². The Morgan fingerprint density at radius 3 is 2.69 bits per heavy atom. The van der Waals surface area contributed by atoms with Gasteiger partial charge < -0.3 is 15.5 Å². The fourth-order valence-electron chi connectivity index (χ4n) is 2.60. The molecule has 1 amide bonds. The average molecular weight is 414 g/mol. The van der Waals surface area contributed by atoms with Crippen LogP contribution in [0.15, 0.2) is 36.7 Å². The fourth-order valence-corrected chi connectivity index (χ4v) is 2.81. The van der Waals surface area contributed by atoms with Gasteiger partial charge in [-0.05, 0) is 43.3 Å². The molecule has 0 aliphatic carbocycles. The first kappa shape index (κ1) is 22.4. The van der Waals surface area contributed by atoms with E-state index in [1.165, 1.54) is 0 Å². The zero-order valence-corrected chi connectivity index (χ0v) is 17.6. The Balaban J connectivity index is 1.92. The number of pyridine rings is 2. The molecule has 154 valence electrons. The SMILES string of the molecule is CCCCCOc1ccc(NC(=S)NC(=O)c2cccnc2C(=N)CCC)cn1. The van der Waals surface area contributed by atoms with Crippen LogP contribution >= 0.6 is 12.2 Å². The molecular weight excluding hydrogens is 386 g/mol. The number of amides is 1. The topological polar surface area (TPSA) is 100.0 Å². The van der Waals surface area contributed by atoms with E-state index in [-0.39, 0.29) is 5.11 Å². The molecule has 3 N–H and O–H groups in total. The molecular formula is C21H27N5O2S. The van der Waals surface area contributed by atoms with Crippen molar-refractivity contribution in [1.82, 2.24) is 15.3 Å². The van der Waals surface area contributed by atoms with Crippen LogP contribution in [0.5, 0.6) is 5.88 Å². The van der Waals surface area contributed by atoms with Gasteiger partial charge in [-0.25, -0.2) is 4.98 Å². The van der Waals surface area contributed by atoms with Crippen LogP contribution in [0.25, 0.3) is 0 Å². The highest BCUT2D eigenvalue weighted by Gasteiger charge is 2.16. The summed E-state index contributed by atoms with van der Waals surface area (Å²) in [6.07, 6.45) is 7.80. The van der Waals surface area contributed by atoms with E-state index in [9.17, 15) is 4.79 Å². The lowest BCUT2D eigenvalue weighted by Crippen LogP contribution is -2.35. The van der Waals surface area contributed by atoms with E-state index < -0.39 is 5.91 Å². The minimum atomic E-state index is -0.407. The summed E-state index contributed by atoms with van der Waals surface area (Å²) < 4.78 is 5.58. The van der Waals surface area contributed by atoms with E-state index in [1.807, 2.05) is 6.92 Å². The summed E-state index contributed by atoms with van der Waals surface area (Å²) in [5, 5.41) is 13.8. The Hall–Kier alpha value is -2.87. The van der Waals surface area contributed by atoms with Crippen LogP contribution in [0.2, 0.25) is 0 Å². The average Bonchev–Trinajstić information content (AvgIpc) is 2.72. The van der Waals surface area contributed by atoms with Crippen LogP contribution in [-0.2, 0) is 0 Å². The van der Waals surface area contributed by atoms with E-state index in [0.29, 0.717) is 41.6 Å². The number of carbonyl (C=O) groups is 1. The van der Waals surface area contributed by atoms with Crippen LogP contribution in [0.4, 0.5) is 5.69 Å². The Morgan fingerprint density at radius 1 is 1.17 bits per heavy atom. The van der Waals surface area contributed by atoms with E-state index >= 15 is 0 Å². The third-order valence-corrected chi connectivity index (χ3v) is 4.26. The summed E-state index contributed by atoms with van der Waals surface area (Å²) in [5.74, 6) is 0.145. The van der Waals surface area contributed by atoms with Crippen LogP contribution in [0, 0.1) is 5.41 Å². The van der Waals surface area contributed by atoms with Crippen molar-refractivity contribution in [3.63, 3.8) is 0 Å². The highest BCUT2D eigenvalue weighted by Crippen LogP contribution is 2.13. The quantitative estimate of drug-likeness (QED) is 0.304. The summed E-state index contributed by atoms with van der Waals surface area (Å²) in [6.45, 7) is 4.76. The van der Waals surface area contributed by atoms with Crippen molar-refractivity contribution in [3.8, 4) is 5.88 Å². The molecule has 2 heterocycles. The predicted molar refractivity (Wildman–Crippen MR) is 119 cm³/mol. The summed E-state index contributed by atoms with van der Waals surface area (Å²) >= 11 is 5.23. The summed E-state index contributed by atoms with van der Waals surface area (Å²) in [5.41, 5.74) is 1.67. The number of nitrogens with one attached hydrogen (secondary N) is 3. The molecule has 0 fully saturated rings. The van der Waals surface area contributed by atoms with Gasteiger partial charge in [-0.15, -0.1) is 0 Å². The maximum atomic E-state index is 12.6. The van der Waals surface area contributed by atoms with Gasteiger partial charge in [-0.2, -0.15) is 0 Å². The van der Waals surface area contributed by atoms with Crippen molar-refractivity contribution in [2.75, 3.05) is 11.9 Å². The first-order valence-corrected chi connectivity index (χ1v) is 10.2. The first-order chi connectivity index (χ1) is 14.0. The summed E-state index contributed by atoms with van der Waals surface area (Å²) in [7, 11) is 0. The zero-order valence-electron chi connectivity index (χ0n) is 16.8. The van der Waals surface area contributed by atoms with Gasteiger partial charge in [0, 0.05) is 12.3 Å². The Bertz CT molecular complexity index is 839. The Kier molecular flexibility index (Phi) is 9.17. The van der Waals surface area contributed by atoms with Crippen LogP contribution in [0.1, 0.15) is 62.0 Å². The molecule has 2 aromatic rings. The number of ether oxygens (including phenoxy) is 1. The zero-order chi connectivity index (χ0) is 21.1. The highest BCUT2D eigenvalue weighted by atomic mass is 32.1. The highest BCUT2D eigenvalue weighted by molar-refractivity contribution is 7.80. The monoisotopic (exact) mass is 413 g/mol. The smallest absolute Gasteiger partial charge is 0.259 e. The molecule has 0 radical (unpaired) electrons. The molecule has 2 aromatic heterocycles. The molecule has 0 unspecified atom stereocenters. The van der Waals surface area contributed by atoms with Crippen molar-refractivity contribution in [2.24, 2.45) is 0 Å². The van der Waals surface area contributed by atoms with Crippen molar-refractivity contribution < 1.29 is 9.53 Å². The van der Waals surface area contributed by atoms with Gasteiger partial charge in [0.25, 0.3) is 5.91 Å². The predicted octanol–water partition coefficient (Wildman–Crippen LogP) is 4.34. The molecule has 0 spiro atoms. The standard InChI is InChI=1S/C21H27N5O2S/c1-3-5-6-13-28-18-11-10-15(14-24-18)25-21(29)26-20(27)16-9-7-12-23-19(16)17(22)8-4-2/h7,9-12,14,22H,3-6,8,13H2,1-2H3,(H2,25,26,27,29). The van der Waals surface area contributed by atoms with Gasteiger partial charge in [0.05, 0.1) is 35.5 Å². The molecule has 0 bridgehead atoms. The second kappa shape index (κ2) is 11.9. The fraction of sp³-hybridized carbons (Fsp3) is 0.381. The molecule has 0 aromatic carbocycles. The molecule has 0 aliphatic rings. The maximum absolute atomic E-state index is 12.6. The van der Waals surface area contributed by atoms with Gasteiger partial charge in [-0.3, -0.25) is 15.1 Å². The number of carbonyl (C=O) groups excluding carboxylic acids is 1. The van der Waals surface area contributed by atoms with Gasteiger partial charge in [0.2, 0.25) is 5.88 Å². The summed E-state index contributed by atoms with van der Waals surface area (Å²) in [6, 6.07) is 6.84. The minimum Gasteiger partial charge on any atom is -0.478 e. The second-order valence-electron chi connectivity index (χ2n) is 6.48. The van der Waals surface area contributed by atoms with Crippen LogP contribution in [-0.4, -0.2) is 33.3 Å². The third-order valence-electron chi connectivity index (χ3n) is 4.06. The third kappa shape index (κ3) is 7.23. The van der Waals surface area contributed by atoms with Crippen molar-refractivity contribution in [2.45, 2.75) is 46.0 Å². The van der Waals surface area contributed by atoms with E-state index in [0.717, 1.165) is 25.7 Å². The minimum absolute atomic E-state index is 0.144. The number of unbranched alkanes of at least 4 members (excludes halogenated alkanes) is 2. The molecule has 0 saturated carbocycles. The number of hydrogen-bond donors (Lipinski definition) is 3. The normalized spacial score (nSPS) is 10.3. The maximum Gasteiger partial charge on any atom is 0.259 e. The lowest BCUT2D eigenvalue weighted by molar-refractivity contribution is 0.0977. The molecule has 8 heteroatoms.